The lowest BCUT2D eigenvalue weighted by Gasteiger charge is -2.10. The summed E-state index contributed by atoms with van der Waals surface area (Å²) in [7, 11) is 0. The molecular formula is C11H13ClO. The summed E-state index contributed by atoms with van der Waals surface area (Å²) in [6, 6.07) is 5.63. The monoisotopic (exact) mass is 196 g/mol. The molecule has 1 aromatic carbocycles. The Hall–Kier alpha value is -0.790. The zero-order valence-corrected chi connectivity index (χ0v) is 8.38. The van der Waals surface area contributed by atoms with Gasteiger partial charge in [0.15, 0.2) is 0 Å². The molecule has 0 saturated heterocycles. The van der Waals surface area contributed by atoms with Crippen LogP contribution in [-0.4, -0.2) is 5.11 Å². The van der Waals surface area contributed by atoms with Crippen LogP contribution in [0, 0.1) is 6.92 Å². The van der Waals surface area contributed by atoms with Gasteiger partial charge in [0.2, 0.25) is 0 Å². The molecule has 1 rings (SSSR count). The van der Waals surface area contributed by atoms with Gasteiger partial charge in [-0.1, -0.05) is 35.4 Å². The third-order valence-electron chi connectivity index (χ3n) is 1.90. The first-order valence-electron chi connectivity index (χ1n) is 4.20. The maximum atomic E-state index is 9.67. The van der Waals surface area contributed by atoms with Crippen molar-refractivity contribution in [3.05, 3.63) is 47.0 Å². The van der Waals surface area contributed by atoms with Crippen molar-refractivity contribution in [1.82, 2.24) is 0 Å². The predicted octanol–water partition coefficient (Wildman–Crippen LogP) is 3.26. The molecule has 0 radical (unpaired) electrons. The summed E-state index contributed by atoms with van der Waals surface area (Å²) in [5.41, 5.74) is 1.88. The Balaban J connectivity index is 2.97. The smallest absolute Gasteiger partial charge is 0.0838 e. The van der Waals surface area contributed by atoms with Crippen LogP contribution in [0.25, 0.3) is 0 Å². The summed E-state index contributed by atoms with van der Waals surface area (Å²) in [6.07, 6.45) is 1.68. The molecule has 0 amide bonds. The zero-order chi connectivity index (χ0) is 9.84. The van der Waals surface area contributed by atoms with Crippen LogP contribution in [0.3, 0.4) is 0 Å². The Kier molecular flexibility index (Phi) is 3.52. The summed E-state index contributed by atoms with van der Waals surface area (Å²) in [5.74, 6) is 0. The normalized spacial score (nSPS) is 12.5. The second-order valence-electron chi connectivity index (χ2n) is 3.07. The van der Waals surface area contributed by atoms with E-state index in [1.165, 1.54) is 0 Å². The van der Waals surface area contributed by atoms with E-state index >= 15 is 0 Å². The van der Waals surface area contributed by atoms with E-state index in [0.717, 1.165) is 11.1 Å². The van der Waals surface area contributed by atoms with Crippen LogP contribution in [0.2, 0.25) is 5.02 Å². The van der Waals surface area contributed by atoms with Crippen LogP contribution in [0.5, 0.6) is 0 Å². The van der Waals surface area contributed by atoms with Crippen LogP contribution < -0.4 is 0 Å². The van der Waals surface area contributed by atoms with E-state index in [1.807, 2.05) is 19.1 Å². The van der Waals surface area contributed by atoms with Gasteiger partial charge < -0.3 is 5.11 Å². The third kappa shape index (κ3) is 2.58. The maximum absolute atomic E-state index is 9.67. The molecule has 1 unspecified atom stereocenters. The van der Waals surface area contributed by atoms with Crippen LogP contribution in [-0.2, 0) is 0 Å². The number of aliphatic hydroxyl groups excluding tert-OH is 1. The average molecular weight is 197 g/mol. The molecule has 0 aliphatic rings. The SMILES string of the molecule is C=CCC(O)c1cc(C)ccc1Cl. The van der Waals surface area contributed by atoms with Gasteiger partial charge in [-0.15, -0.1) is 6.58 Å². The lowest BCUT2D eigenvalue weighted by molar-refractivity contribution is 0.181. The van der Waals surface area contributed by atoms with E-state index in [4.69, 9.17) is 11.6 Å². The van der Waals surface area contributed by atoms with Crippen molar-refractivity contribution in [3.63, 3.8) is 0 Å². The van der Waals surface area contributed by atoms with Crippen LogP contribution in [0.1, 0.15) is 23.7 Å². The van der Waals surface area contributed by atoms with E-state index in [0.29, 0.717) is 11.4 Å². The molecule has 1 nitrogen and oxygen atoms in total. The largest absolute Gasteiger partial charge is 0.388 e. The van der Waals surface area contributed by atoms with Crippen LogP contribution in [0.15, 0.2) is 30.9 Å². The van der Waals surface area contributed by atoms with E-state index < -0.39 is 6.10 Å². The van der Waals surface area contributed by atoms with Gasteiger partial charge in [0, 0.05) is 5.02 Å². The van der Waals surface area contributed by atoms with Gasteiger partial charge in [0.05, 0.1) is 6.10 Å². The van der Waals surface area contributed by atoms with Crippen molar-refractivity contribution in [3.8, 4) is 0 Å². The lowest BCUT2D eigenvalue weighted by Crippen LogP contribution is -1.97. The Bertz CT molecular complexity index is 307. The Morgan fingerprint density at radius 1 is 1.62 bits per heavy atom. The highest BCUT2D eigenvalue weighted by atomic mass is 35.5. The highest BCUT2D eigenvalue weighted by Crippen LogP contribution is 2.26. The summed E-state index contributed by atoms with van der Waals surface area (Å²) in [5, 5.41) is 10.3. The number of halogens is 1. The molecule has 1 N–H and O–H groups in total. The molecule has 0 aromatic heterocycles. The van der Waals surface area contributed by atoms with Gasteiger partial charge in [0.25, 0.3) is 0 Å². The molecule has 0 aliphatic carbocycles. The molecule has 1 aromatic rings. The molecular weight excluding hydrogens is 184 g/mol. The van der Waals surface area contributed by atoms with E-state index in [9.17, 15) is 5.11 Å². The summed E-state index contributed by atoms with van der Waals surface area (Å²) < 4.78 is 0. The van der Waals surface area contributed by atoms with Gasteiger partial charge in [-0.05, 0) is 25.0 Å². The molecule has 0 aliphatic heterocycles. The molecule has 0 heterocycles. The number of hydrogen-bond acceptors (Lipinski definition) is 1. The quantitative estimate of drug-likeness (QED) is 0.736. The van der Waals surface area contributed by atoms with Crippen molar-refractivity contribution in [2.75, 3.05) is 0 Å². The van der Waals surface area contributed by atoms with Gasteiger partial charge >= 0.3 is 0 Å². The van der Waals surface area contributed by atoms with E-state index in [1.54, 1.807) is 12.1 Å². The third-order valence-corrected chi connectivity index (χ3v) is 2.24. The molecule has 13 heavy (non-hydrogen) atoms. The van der Waals surface area contributed by atoms with Crippen molar-refractivity contribution >= 4 is 11.6 Å². The molecule has 0 bridgehead atoms. The average Bonchev–Trinajstić information content (AvgIpc) is 2.09. The Morgan fingerprint density at radius 2 is 2.31 bits per heavy atom. The number of aliphatic hydroxyl groups is 1. The fraction of sp³-hybridized carbons (Fsp3) is 0.273. The Labute approximate surface area is 83.7 Å². The van der Waals surface area contributed by atoms with Crippen molar-refractivity contribution in [1.29, 1.82) is 0 Å². The molecule has 1 atom stereocenters. The topological polar surface area (TPSA) is 20.2 Å². The molecule has 0 fully saturated rings. The fourth-order valence-corrected chi connectivity index (χ4v) is 1.45. The molecule has 70 valence electrons. The first-order valence-corrected chi connectivity index (χ1v) is 4.58. The molecule has 0 saturated carbocycles. The molecule has 0 spiro atoms. The molecule has 2 heteroatoms. The van der Waals surface area contributed by atoms with Gasteiger partial charge in [-0.2, -0.15) is 0 Å². The summed E-state index contributed by atoms with van der Waals surface area (Å²) >= 11 is 5.93. The fourth-order valence-electron chi connectivity index (χ4n) is 1.20. The van der Waals surface area contributed by atoms with E-state index in [2.05, 4.69) is 6.58 Å². The highest BCUT2D eigenvalue weighted by Gasteiger charge is 2.09. The minimum Gasteiger partial charge on any atom is -0.388 e. The first-order chi connectivity index (χ1) is 6.15. The van der Waals surface area contributed by atoms with Crippen molar-refractivity contribution in [2.45, 2.75) is 19.4 Å². The minimum atomic E-state index is -0.537. The van der Waals surface area contributed by atoms with Crippen molar-refractivity contribution < 1.29 is 5.11 Å². The number of aryl methyl sites for hydroxylation is 1. The Morgan fingerprint density at radius 3 is 2.92 bits per heavy atom. The standard InChI is InChI=1S/C11H13ClO/c1-3-4-11(13)9-7-8(2)5-6-10(9)12/h3,5-7,11,13H,1,4H2,2H3. The van der Waals surface area contributed by atoms with Gasteiger partial charge in [-0.3, -0.25) is 0 Å². The van der Waals surface area contributed by atoms with Crippen LogP contribution in [0.4, 0.5) is 0 Å². The predicted molar refractivity (Wildman–Crippen MR) is 56.0 cm³/mol. The van der Waals surface area contributed by atoms with Crippen molar-refractivity contribution in [2.24, 2.45) is 0 Å². The summed E-state index contributed by atoms with van der Waals surface area (Å²) in [4.78, 5) is 0. The maximum Gasteiger partial charge on any atom is 0.0838 e. The van der Waals surface area contributed by atoms with Gasteiger partial charge in [-0.25, -0.2) is 0 Å². The number of benzene rings is 1. The number of rotatable bonds is 3. The highest BCUT2D eigenvalue weighted by molar-refractivity contribution is 6.31. The van der Waals surface area contributed by atoms with Gasteiger partial charge in [0.1, 0.15) is 0 Å². The van der Waals surface area contributed by atoms with Crippen LogP contribution >= 0.6 is 11.6 Å². The second kappa shape index (κ2) is 4.45. The lowest BCUT2D eigenvalue weighted by atomic mass is 10.0. The van der Waals surface area contributed by atoms with E-state index in [-0.39, 0.29) is 0 Å². The second-order valence-corrected chi connectivity index (χ2v) is 3.47. The summed E-state index contributed by atoms with van der Waals surface area (Å²) in [6.45, 7) is 5.55. The first kappa shape index (κ1) is 10.3. The minimum absolute atomic E-state index is 0.531. The zero-order valence-electron chi connectivity index (χ0n) is 7.63. The number of hydrogen-bond donors (Lipinski definition) is 1.